The summed E-state index contributed by atoms with van der Waals surface area (Å²) in [4.78, 5) is 38.7. The van der Waals surface area contributed by atoms with Gasteiger partial charge in [-0.3, -0.25) is 9.59 Å². The second-order valence-corrected chi connectivity index (χ2v) is 8.11. The zero-order valence-corrected chi connectivity index (χ0v) is 17.0. The van der Waals surface area contributed by atoms with Gasteiger partial charge >= 0.3 is 0 Å². The molecule has 5 N–H and O–H groups in total. The maximum atomic E-state index is 12.4. The first-order chi connectivity index (χ1) is 12.4. The normalized spacial score (nSPS) is 13.2. The average molecular weight is 386 g/mol. The lowest BCUT2D eigenvalue weighted by atomic mass is 9.91. The van der Waals surface area contributed by atoms with E-state index >= 15 is 0 Å². The minimum Gasteiger partial charge on any atom is -0.365 e. The van der Waals surface area contributed by atoms with Crippen LogP contribution in [-0.2, 0) is 9.59 Å². The molecular formula is C17H34N6O4. The van der Waals surface area contributed by atoms with Gasteiger partial charge in [0.25, 0.3) is 5.96 Å². The quantitative estimate of drug-likeness (QED) is 0.136. The summed E-state index contributed by atoms with van der Waals surface area (Å²) in [5, 5.41) is 15.1. The summed E-state index contributed by atoms with van der Waals surface area (Å²) in [7, 11) is 0. The van der Waals surface area contributed by atoms with Crippen molar-refractivity contribution in [3.63, 3.8) is 0 Å². The number of carbonyl (C=O) groups is 2. The Bertz CT molecular complexity index is 528. The molecule has 0 saturated heterocycles. The number of hydrogen-bond donors (Lipinski definition) is 4. The van der Waals surface area contributed by atoms with Crippen LogP contribution in [0, 0.1) is 21.4 Å². The van der Waals surface area contributed by atoms with Crippen LogP contribution in [0.15, 0.2) is 4.99 Å². The fraction of sp³-hybridized carbons (Fsp3) is 0.824. The Kier molecular flexibility index (Phi) is 11.0. The summed E-state index contributed by atoms with van der Waals surface area (Å²) >= 11 is 0. The third-order valence-corrected chi connectivity index (χ3v) is 3.50. The number of rotatable bonds is 11. The lowest BCUT2D eigenvalue weighted by Gasteiger charge is -2.22. The highest BCUT2D eigenvalue weighted by molar-refractivity contribution is 5.87. The molecule has 156 valence electrons. The molecule has 0 aromatic heterocycles. The van der Waals surface area contributed by atoms with Crippen LogP contribution in [0.2, 0.25) is 0 Å². The van der Waals surface area contributed by atoms with Crippen molar-refractivity contribution in [3.8, 4) is 0 Å². The molecule has 0 aliphatic carbocycles. The monoisotopic (exact) mass is 386 g/mol. The smallest absolute Gasteiger partial charge is 0.251 e. The van der Waals surface area contributed by atoms with Gasteiger partial charge in [0.05, 0.1) is 0 Å². The Morgan fingerprint density at radius 1 is 1.22 bits per heavy atom. The van der Waals surface area contributed by atoms with Crippen LogP contribution in [0.1, 0.15) is 60.3 Å². The zero-order chi connectivity index (χ0) is 21.0. The van der Waals surface area contributed by atoms with E-state index in [4.69, 9.17) is 5.73 Å². The lowest BCUT2D eigenvalue weighted by Crippen LogP contribution is -2.47. The summed E-state index contributed by atoms with van der Waals surface area (Å²) in [6.07, 6.45) is 1.96. The van der Waals surface area contributed by atoms with E-state index in [1.165, 1.54) is 0 Å². The van der Waals surface area contributed by atoms with Crippen molar-refractivity contribution in [2.45, 2.75) is 66.3 Å². The topological polar surface area (TPSA) is 152 Å². The molecule has 0 fully saturated rings. The Morgan fingerprint density at radius 3 is 2.37 bits per heavy atom. The van der Waals surface area contributed by atoms with E-state index in [0.29, 0.717) is 31.7 Å². The molecule has 0 aromatic rings. The van der Waals surface area contributed by atoms with Gasteiger partial charge in [-0.05, 0) is 30.6 Å². The summed E-state index contributed by atoms with van der Waals surface area (Å²) in [5.74, 6) is -0.261. The number of guanidine groups is 1. The molecule has 10 nitrogen and oxygen atoms in total. The molecule has 1 atom stereocenters. The first kappa shape index (κ1) is 24.6. The maximum absolute atomic E-state index is 12.4. The molecule has 0 heterocycles. The molecule has 0 aliphatic heterocycles. The largest absolute Gasteiger partial charge is 0.365 e. The summed E-state index contributed by atoms with van der Waals surface area (Å²) in [6.45, 7) is 10.7. The second-order valence-electron chi connectivity index (χ2n) is 8.11. The molecule has 2 amide bonds. The van der Waals surface area contributed by atoms with Gasteiger partial charge in [-0.1, -0.05) is 40.0 Å². The highest BCUT2D eigenvalue weighted by Gasteiger charge is 2.23. The number of nitrogens with two attached hydrogens (primary N) is 1. The summed E-state index contributed by atoms with van der Waals surface area (Å²) < 4.78 is 0. The Balaban J connectivity index is 4.69. The van der Waals surface area contributed by atoms with Gasteiger partial charge < -0.3 is 16.4 Å². The fourth-order valence-electron chi connectivity index (χ4n) is 2.23. The van der Waals surface area contributed by atoms with Crippen molar-refractivity contribution in [1.82, 2.24) is 16.1 Å². The van der Waals surface area contributed by atoms with Crippen molar-refractivity contribution >= 4 is 17.8 Å². The molecule has 0 aromatic carbocycles. The Hall–Kier alpha value is -2.39. The number of nitro groups is 1. The molecule has 0 bridgehead atoms. The summed E-state index contributed by atoms with van der Waals surface area (Å²) in [6, 6.07) is -0.674. The van der Waals surface area contributed by atoms with E-state index in [-0.39, 0.29) is 29.7 Å². The van der Waals surface area contributed by atoms with Gasteiger partial charge in [-0.15, -0.1) is 0 Å². The van der Waals surface area contributed by atoms with Crippen LogP contribution in [0.3, 0.4) is 0 Å². The van der Waals surface area contributed by atoms with E-state index in [1.54, 1.807) is 5.43 Å². The maximum Gasteiger partial charge on any atom is 0.251 e. The minimum atomic E-state index is -0.795. The molecule has 27 heavy (non-hydrogen) atoms. The van der Waals surface area contributed by atoms with Gasteiger partial charge in [0, 0.05) is 19.5 Å². The number of hydrazine groups is 1. The van der Waals surface area contributed by atoms with Crippen molar-refractivity contribution in [2.75, 3.05) is 13.1 Å². The van der Waals surface area contributed by atoms with E-state index in [2.05, 4.69) is 29.5 Å². The zero-order valence-electron chi connectivity index (χ0n) is 17.0. The predicted octanol–water partition coefficient (Wildman–Crippen LogP) is 0.946. The third-order valence-electron chi connectivity index (χ3n) is 3.50. The van der Waals surface area contributed by atoms with Crippen LogP contribution < -0.4 is 21.8 Å². The molecule has 0 radical (unpaired) electrons. The number of nitrogens with zero attached hydrogens (tertiary/aromatic N) is 2. The minimum absolute atomic E-state index is 0.185. The molecule has 0 rings (SSSR count). The molecular weight excluding hydrogens is 352 g/mol. The predicted molar refractivity (Wildman–Crippen MR) is 104 cm³/mol. The highest BCUT2D eigenvalue weighted by atomic mass is 16.7. The SMILES string of the molecule is CC(C)CCNC(=O)[C@H](CCCN=C(N)N[N+](=O)[O-])NC(=O)CC(C)(C)C. The number of hydrogen-bond acceptors (Lipinski definition) is 5. The van der Waals surface area contributed by atoms with Gasteiger partial charge in [0.15, 0.2) is 5.03 Å². The molecule has 0 saturated carbocycles. The number of nitrogens with one attached hydrogen (secondary N) is 3. The van der Waals surface area contributed by atoms with Crippen LogP contribution in [0.25, 0.3) is 0 Å². The number of carbonyl (C=O) groups excluding carboxylic acids is 2. The van der Waals surface area contributed by atoms with Gasteiger partial charge in [0.1, 0.15) is 6.04 Å². The third kappa shape index (κ3) is 14.5. The molecule has 0 aliphatic rings. The molecule has 0 unspecified atom stereocenters. The summed E-state index contributed by atoms with van der Waals surface area (Å²) in [5.41, 5.74) is 6.91. The van der Waals surface area contributed by atoms with Crippen LogP contribution in [0.5, 0.6) is 0 Å². The Labute approximate surface area is 160 Å². The average Bonchev–Trinajstić information content (AvgIpc) is 2.47. The molecule has 0 spiro atoms. The second kappa shape index (κ2) is 12.1. The van der Waals surface area contributed by atoms with E-state index in [0.717, 1.165) is 6.42 Å². The molecule has 10 heteroatoms. The van der Waals surface area contributed by atoms with Gasteiger partial charge in [-0.2, -0.15) is 0 Å². The van der Waals surface area contributed by atoms with Crippen LogP contribution >= 0.6 is 0 Å². The standard InChI is InChI=1S/C17H34N6O4/c1-12(2)8-10-19-15(25)13(21-14(24)11-17(3,4)5)7-6-9-20-16(18)22-23(26)27/h12-13H,6-11H2,1-5H3,(H,19,25)(H,21,24)(H3,18,20,22)/t13-/m0/s1. The lowest BCUT2D eigenvalue weighted by molar-refractivity contribution is -0.525. The highest BCUT2D eigenvalue weighted by Crippen LogP contribution is 2.18. The van der Waals surface area contributed by atoms with Crippen molar-refractivity contribution in [2.24, 2.45) is 22.1 Å². The van der Waals surface area contributed by atoms with E-state index in [1.807, 2.05) is 20.8 Å². The number of amides is 2. The van der Waals surface area contributed by atoms with E-state index < -0.39 is 11.1 Å². The van der Waals surface area contributed by atoms with E-state index in [9.17, 15) is 19.7 Å². The van der Waals surface area contributed by atoms with Gasteiger partial charge in [0.2, 0.25) is 11.8 Å². The number of aliphatic imine (C=N–C) groups is 1. The van der Waals surface area contributed by atoms with Crippen molar-refractivity contribution in [3.05, 3.63) is 10.1 Å². The first-order valence-corrected chi connectivity index (χ1v) is 9.18. The van der Waals surface area contributed by atoms with Crippen LogP contribution in [0.4, 0.5) is 0 Å². The van der Waals surface area contributed by atoms with Gasteiger partial charge in [-0.25, -0.2) is 15.1 Å². The Morgan fingerprint density at radius 2 is 1.85 bits per heavy atom. The van der Waals surface area contributed by atoms with Crippen molar-refractivity contribution in [1.29, 1.82) is 0 Å². The van der Waals surface area contributed by atoms with Crippen molar-refractivity contribution < 1.29 is 14.6 Å². The first-order valence-electron chi connectivity index (χ1n) is 9.18. The van der Waals surface area contributed by atoms with Crippen LogP contribution in [-0.4, -0.2) is 41.9 Å². The fourth-order valence-corrected chi connectivity index (χ4v) is 2.23.